The minimum atomic E-state index is -0.342. The van der Waals surface area contributed by atoms with E-state index in [-0.39, 0.29) is 11.4 Å². The lowest BCUT2D eigenvalue weighted by Crippen LogP contribution is -2.45. The van der Waals surface area contributed by atoms with Gasteiger partial charge >= 0.3 is 0 Å². The molecular weight excluding hydrogens is 274 g/mol. The van der Waals surface area contributed by atoms with Gasteiger partial charge in [0.25, 0.3) is 5.91 Å². The number of rotatable bonds is 4. The second-order valence-corrected chi connectivity index (χ2v) is 6.11. The van der Waals surface area contributed by atoms with E-state index < -0.39 is 0 Å². The van der Waals surface area contributed by atoms with Crippen LogP contribution in [0.3, 0.4) is 0 Å². The normalized spacial score (nSPS) is 11.5. The van der Waals surface area contributed by atoms with Gasteiger partial charge in [-0.25, -0.2) is 0 Å². The molecular formula is C18H19N3O. The monoisotopic (exact) mass is 293 g/mol. The van der Waals surface area contributed by atoms with E-state index in [0.717, 1.165) is 11.9 Å². The first-order valence-electron chi connectivity index (χ1n) is 7.33. The average Bonchev–Trinajstić information content (AvgIpc) is 2.90. The van der Waals surface area contributed by atoms with Gasteiger partial charge in [-0.2, -0.15) is 0 Å². The molecule has 2 aromatic heterocycles. The Hall–Kier alpha value is -2.62. The number of hydrogen-bond acceptors (Lipinski definition) is 2. The average molecular weight is 293 g/mol. The highest BCUT2D eigenvalue weighted by atomic mass is 16.1. The number of pyridine rings is 1. The zero-order valence-electron chi connectivity index (χ0n) is 12.8. The van der Waals surface area contributed by atoms with Crippen molar-refractivity contribution >= 4 is 16.8 Å². The molecule has 3 aromatic rings. The standard InChI is InChI=1S/C18H19N3O/c1-18(2,21-17(22)13-7-9-19-10-8-13)11-14-12-20-16-6-4-3-5-15(14)16/h3-10,12,20H,11H2,1-2H3,(H,21,22). The molecule has 4 nitrogen and oxygen atoms in total. The number of carbonyl (C=O) groups is 1. The van der Waals surface area contributed by atoms with Crippen LogP contribution in [-0.4, -0.2) is 21.4 Å². The van der Waals surface area contributed by atoms with Gasteiger partial charge in [0.05, 0.1) is 0 Å². The molecule has 0 aliphatic carbocycles. The third kappa shape index (κ3) is 3.01. The SMILES string of the molecule is CC(C)(Cc1c[nH]c2ccccc12)NC(=O)c1ccncc1. The first kappa shape index (κ1) is 14.3. The number of nitrogens with zero attached hydrogens (tertiary/aromatic N) is 1. The van der Waals surface area contributed by atoms with Gasteiger partial charge in [-0.05, 0) is 44.0 Å². The number of aromatic amines is 1. The van der Waals surface area contributed by atoms with E-state index in [4.69, 9.17) is 0 Å². The quantitative estimate of drug-likeness (QED) is 0.775. The van der Waals surface area contributed by atoms with Crippen molar-refractivity contribution in [2.24, 2.45) is 0 Å². The molecule has 1 aromatic carbocycles. The van der Waals surface area contributed by atoms with E-state index in [1.165, 1.54) is 10.9 Å². The summed E-state index contributed by atoms with van der Waals surface area (Å²) in [5.74, 6) is -0.0766. The number of amides is 1. The number of benzene rings is 1. The summed E-state index contributed by atoms with van der Waals surface area (Å²) in [7, 11) is 0. The lowest BCUT2D eigenvalue weighted by molar-refractivity contribution is 0.0913. The van der Waals surface area contributed by atoms with Crippen molar-refractivity contribution in [1.29, 1.82) is 0 Å². The molecule has 0 radical (unpaired) electrons. The van der Waals surface area contributed by atoms with Gasteiger partial charge < -0.3 is 10.3 Å². The van der Waals surface area contributed by atoms with E-state index >= 15 is 0 Å². The van der Waals surface area contributed by atoms with Gasteiger partial charge in [-0.3, -0.25) is 9.78 Å². The molecule has 22 heavy (non-hydrogen) atoms. The fraction of sp³-hybridized carbons (Fsp3) is 0.222. The number of nitrogens with one attached hydrogen (secondary N) is 2. The molecule has 0 aliphatic rings. The molecule has 3 rings (SSSR count). The smallest absolute Gasteiger partial charge is 0.251 e. The molecule has 112 valence electrons. The molecule has 2 heterocycles. The Morgan fingerprint density at radius 2 is 1.91 bits per heavy atom. The largest absolute Gasteiger partial charge is 0.361 e. The van der Waals surface area contributed by atoms with Crippen molar-refractivity contribution in [2.45, 2.75) is 25.8 Å². The molecule has 1 amide bonds. The summed E-state index contributed by atoms with van der Waals surface area (Å²) in [6.07, 6.45) is 6.03. The van der Waals surface area contributed by atoms with Crippen molar-refractivity contribution in [3.8, 4) is 0 Å². The Bertz CT molecular complexity index is 790. The molecule has 0 spiro atoms. The number of para-hydroxylation sites is 1. The summed E-state index contributed by atoms with van der Waals surface area (Å²) >= 11 is 0. The van der Waals surface area contributed by atoms with E-state index in [1.807, 2.05) is 32.2 Å². The molecule has 2 N–H and O–H groups in total. The minimum Gasteiger partial charge on any atom is -0.361 e. The van der Waals surface area contributed by atoms with E-state index in [0.29, 0.717) is 5.56 Å². The van der Waals surface area contributed by atoms with Crippen molar-refractivity contribution in [3.05, 3.63) is 66.1 Å². The summed E-state index contributed by atoms with van der Waals surface area (Å²) in [6, 6.07) is 11.6. The summed E-state index contributed by atoms with van der Waals surface area (Å²) in [4.78, 5) is 19.5. The Labute approximate surface area is 129 Å². The summed E-state index contributed by atoms with van der Waals surface area (Å²) in [6.45, 7) is 4.07. The molecule has 0 fully saturated rings. The van der Waals surface area contributed by atoms with Crippen LogP contribution in [0.25, 0.3) is 10.9 Å². The first-order chi connectivity index (χ1) is 10.6. The highest BCUT2D eigenvalue weighted by molar-refractivity contribution is 5.94. The predicted molar refractivity (Wildman–Crippen MR) is 87.8 cm³/mol. The summed E-state index contributed by atoms with van der Waals surface area (Å²) in [5, 5.41) is 4.30. The topological polar surface area (TPSA) is 57.8 Å². The second kappa shape index (κ2) is 5.64. The maximum absolute atomic E-state index is 12.3. The highest BCUT2D eigenvalue weighted by Gasteiger charge is 2.23. The molecule has 4 heteroatoms. The molecule has 0 aliphatic heterocycles. The molecule has 0 bridgehead atoms. The number of fused-ring (bicyclic) bond motifs is 1. The second-order valence-electron chi connectivity index (χ2n) is 6.11. The van der Waals surface area contributed by atoms with Gasteiger partial charge in [0, 0.05) is 40.6 Å². The van der Waals surface area contributed by atoms with Gasteiger partial charge in [-0.1, -0.05) is 18.2 Å². The van der Waals surface area contributed by atoms with Crippen molar-refractivity contribution in [3.63, 3.8) is 0 Å². The Balaban J connectivity index is 1.77. The zero-order valence-corrected chi connectivity index (χ0v) is 12.8. The molecule has 0 unspecified atom stereocenters. The fourth-order valence-electron chi connectivity index (χ4n) is 2.68. The van der Waals surface area contributed by atoms with E-state index in [2.05, 4.69) is 27.4 Å². The summed E-state index contributed by atoms with van der Waals surface area (Å²) < 4.78 is 0. The van der Waals surface area contributed by atoms with Gasteiger partial charge in [-0.15, -0.1) is 0 Å². The Morgan fingerprint density at radius 1 is 1.18 bits per heavy atom. The van der Waals surface area contributed by atoms with Crippen molar-refractivity contribution < 1.29 is 4.79 Å². The molecule has 0 saturated heterocycles. The van der Waals surface area contributed by atoms with Crippen LogP contribution >= 0.6 is 0 Å². The van der Waals surface area contributed by atoms with Crippen LogP contribution in [0.1, 0.15) is 29.8 Å². The van der Waals surface area contributed by atoms with Crippen molar-refractivity contribution in [2.75, 3.05) is 0 Å². The zero-order chi connectivity index (χ0) is 15.6. The minimum absolute atomic E-state index is 0.0766. The third-order valence-corrected chi connectivity index (χ3v) is 3.70. The lowest BCUT2D eigenvalue weighted by atomic mass is 9.94. The third-order valence-electron chi connectivity index (χ3n) is 3.70. The van der Waals surface area contributed by atoms with Crippen LogP contribution in [0.15, 0.2) is 55.0 Å². The highest BCUT2D eigenvalue weighted by Crippen LogP contribution is 2.22. The molecule has 0 atom stereocenters. The number of H-pyrrole nitrogens is 1. The summed E-state index contributed by atoms with van der Waals surface area (Å²) in [5.41, 5.74) is 2.61. The number of aromatic nitrogens is 2. The van der Waals surface area contributed by atoms with Gasteiger partial charge in [0.15, 0.2) is 0 Å². The Morgan fingerprint density at radius 3 is 2.68 bits per heavy atom. The van der Waals surface area contributed by atoms with Crippen LogP contribution in [0.5, 0.6) is 0 Å². The maximum Gasteiger partial charge on any atom is 0.251 e. The van der Waals surface area contributed by atoms with Crippen LogP contribution in [0.2, 0.25) is 0 Å². The van der Waals surface area contributed by atoms with Crippen LogP contribution < -0.4 is 5.32 Å². The van der Waals surface area contributed by atoms with E-state index in [9.17, 15) is 4.79 Å². The molecule has 0 saturated carbocycles. The van der Waals surface area contributed by atoms with E-state index in [1.54, 1.807) is 24.5 Å². The van der Waals surface area contributed by atoms with Crippen LogP contribution in [-0.2, 0) is 6.42 Å². The first-order valence-corrected chi connectivity index (χ1v) is 7.33. The van der Waals surface area contributed by atoms with Gasteiger partial charge in [0.2, 0.25) is 0 Å². The van der Waals surface area contributed by atoms with Crippen molar-refractivity contribution in [1.82, 2.24) is 15.3 Å². The maximum atomic E-state index is 12.3. The van der Waals surface area contributed by atoms with Crippen LogP contribution in [0, 0.1) is 0 Å². The van der Waals surface area contributed by atoms with Gasteiger partial charge in [0.1, 0.15) is 0 Å². The van der Waals surface area contributed by atoms with Crippen LogP contribution in [0.4, 0.5) is 0 Å². The predicted octanol–water partition coefficient (Wildman–Crippen LogP) is 3.31. The fourth-order valence-corrected chi connectivity index (χ4v) is 2.68. The Kier molecular flexibility index (Phi) is 3.67. The lowest BCUT2D eigenvalue weighted by Gasteiger charge is -2.26. The number of hydrogen-bond donors (Lipinski definition) is 2. The number of carbonyl (C=O) groups excluding carboxylic acids is 1.